The monoisotopic (exact) mass is 311 g/mol. The summed E-state index contributed by atoms with van der Waals surface area (Å²) in [4.78, 5) is 29.6. The number of hydrogen-bond donors (Lipinski definition) is 2. The molecule has 2 unspecified atom stereocenters. The zero-order chi connectivity index (χ0) is 15.6. The van der Waals surface area contributed by atoms with Gasteiger partial charge in [0.15, 0.2) is 0 Å². The Bertz CT molecular complexity index is 534. The van der Waals surface area contributed by atoms with E-state index in [0.717, 1.165) is 30.6 Å². The van der Waals surface area contributed by atoms with Gasteiger partial charge in [0.1, 0.15) is 9.88 Å². The van der Waals surface area contributed by atoms with Gasteiger partial charge in [-0.2, -0.15) is 0 Å². The number of nitrogens with one attached hydrogen (secondary N) is 1. The van der Waals surface area contributed by atoms with Crippen LogP contribution < -0.4 is 5.32 Å². The van der Waals surface area contributed by atoms with Crippen molar-refractivity contribution < 1.29 is 14.7 Å². The number of thiazole rings is 1. The molecule has 2 N–H and O–H groups in total. The molecule has 0 aromatic carbocycles. The Morgan fingerprint density at radius 1 is 1.38 bits per heavy atom. The van der Waals surface area contributed by atoms with Crippen molar-refractivity contribution in [3.05, 3.63) is 15.6 Å². The van der Waals surface area contributed by atoms with Crippen molar-refractivity contribution in [3.63, 3.8) is 0 Å². The lowest BCUT2D eigenvalue weighted by Gasteiger charge is -2.38. The molecule has 2 amide bonds. The highest BCUT2D eigenvalue weighted by Crippen LogP contribution is 2.23. The fourth-order valence-electron chi connectivity index (χ4n) is 2.79. The molecule has 6 nitrogen and oxygen atoms in total. The summed E-state index contributed by atoms with van der Waals surface area (Å²) in [6.45, 7) is 6.06. The highest BCUT2D eigenvalue weighted by molar-refractivity contribution is 7.13. The maximum atomic E-state index is 12.3. The van der Waals surface area contributed by atoms with Crippen LogP contribution in [0.5, 0.6) is 0 Å². The van der Waals surface area contributed by atoms with Gasteiger partial charge in [-0.3, -0.25) is 0 Å². The van der Waals surface area contributed by atoms with E-state index < -0.39 is 5.97 Å². The predicted octanol–water partition coefficient (Wildman–Crippen LogP) is 2.62. The van der Waals surface area contributed by atoms with Crippen LogP contribution >= 0.6 is 11.3 Å². The Kier molecular flexibility index (Phi) is 4.82. The number of aromatic carboxylic acids is 1. The number of aromatic nitrogens is 1. The second kappa shape index (κ2) is 6.43. The lowest BCUT2D eigenvalue weighted by Crippen LogP contribution is -2.51. The minimum absolute atomic E-state index is 0.0978. The van der Waals surface area contributed by atoms with Crippen molar-refractivity contribution in [3.8, 4) is 0 Å². The molecule has 0 radical (unpaired) electrons. The van der Waals surface area contributed by atoms with Crippen LogP contribution in [0.25, 0.3) is 0 Å². The molecule has 1 fully saturated rings. The third kappa shape index (κ3) is 3.53. The zero-order valence-electron chi connectivity index (χ0n) is 12.5. The molecular weight excluding hydrogens is 290 g/mol. The number of carboxylic acids is 1. The number of rotatable bonds is 3. The van der Waals surface area contributed by atoms with E-state index in [1.807, 2.05) is 4.90 Å². The van der Waals surface area contributed by atoms with Crippen molar-refractivity contribution in [2.24, 2.45) is 0 Å². The number of piperidine rings is 1. The molecule has 2 atom stereocenters. The molecule has 1 aromatic rings. The Labute approximate surface area is 128 Å². The maximum Gasteiger partial charge on any atom is 0.347 e. The molecule has 1 aliphatic rings. The number of hydrogen-bond acceptors (Lipinski definition) is 4. The van der Waals surface area contributed by atoms with E-state index in [0.29, 0.717) is 10.7 Å². The summed E-state index contributed by atoms with van der Waals surface area (Å²) in [7, 11) is 0. The summed E-state index contributed by atoms with van der Waals surface area (Å²) in [5.41, 5.74) is 0.497. The smallest absolute Gasteiger partial charge is 0.347 e. The van der Waals surface area contributed by atoms with E-state index in [-0.39, 0.29) is 29.5 Å². The number of likely N-dealkylation sites (tertiary alicyclic amines) is 1. The first-order chi connectivity index (χ1) is 9.90. The van der Waals surface area contributed by atoms with Gasteiger partial charge in [0.25, 0.3) is 0 Å². The van der Waals surface area contributed by atoms with Gasteiger partial charge in [0.05, 0.1) is 12.2 Å². The summed E-state index contributed by atoms with van der Waals surface area (Å²) >= 11 is 1.11. The van der Waals surface area contributed by atoms with E-state index in [4.69, 9.17) is 5.11 Å². The third-order valence-corrected chi connectivity index (χ3v) is 5.00. The molecule has 0 bridgehead atoms. The SMILES string of the molecule is Cc1nc(CNC(=O)N2C(C)CCCC2C)sc1C(=O)O. The Balaban J connectivity index is 1.97. The van der Waals surface area contributed by atoms with Crippen molar-refractivity contribution in [1.82, 2.24) is 15.2 Å². The topological polar surface area (TPSA) is 82.5 Å². The van der Waals surface area contributed by atoms with E-state index in [1.54, 1.807) is 6.92 Å². The van der Waals surface area contributed by atoms with Gasteiger partial charge in [-0.15, -0.1) is 11.3 Å². The van der Waals surface area contributed by atoms with Gasteiger partial charge in [-0.1, -0.05) is 0 Å². The number of carbonyl (C=O) groups excluding carboxylic acids is 1. The Morgan fingerprint density at radius 3 is 2.52 bits per heavy atom. The summed E-state index contributed by atoms with van der Waals surface area (Å²) in [5, 5.41) is 12.5. The Hall–Kier alpha value is -1.63. The number of urea groups is 1. The van der Waals surface area contributed by atoms with Crippen LogP contribution in [0.3, 0.4) is 0 Å². The fourth-order valence-corrected chi connectivity index (χ4v) is 3.63. The van der Waals surface area contributed by atoms with Crippen molar-refractivity contribution in [1.29, 1.82) is 0 Å². The van der Waals surface area contributed by atoms with Gasteiger partial charge >= 0.3 is 12.0 Å². The third-order valence-electron chi connectivity index (χ3n) is 3.85. The summed E-state index contributed by atoms with van der Waals surface area (Å²) in [5.74, 6) is -0.971. The van der Waals surface area contributed by atoms with Gasteiger partial charge in [-0.05, 0) is 40.0 Å². The molecule has 7 heteroatoms. The van der Waals surface area contributed by atoms with Gasteiger partial charge in [-0.25, -0.2) is 14.6 Å². The molecular formula is C14H21N3O3S. The van der Waals surface area contributed by atoms with Gasteiger partial charge in [0, 0.05) is 12.1 Å². The van der Waals surface area contributed by atoms with Gasteiger partial charge < -0.3 is 15.3 Å². The molecule has 0 saturated carbocycles. The van der Waals surface area contributed by atoms with E-state index in [2.05, 4.69) is 24.1 Å². The molecule has 1 aromatic heterocycles. The van der Waals surface area contributed by atoms with Crippen LogP contribution in [0, 0.1) is 6.92 Å². The van der Waals surface area contributed by atoms with E-state index in [1.165, 1.54) is 0 Å². The number of aryl methyl sites for hydroxylation is 1. The van der Waals surface area contributed by atoms with Crippen LogP contribution in [-0.4, -0.2) is 39.1 Å². The van der Waals surface area contributed by atoms with Crippen LogP contribution in [0.15, 0.2) is 0 Å². The normalized spacial score (nSPS) is 22.1. The predicted molar refractivity (Wildman–Crippen MR) is 80.7 cm³/mol. The number of nitrogens with zero attached hydrogens (tertiary/aromatic N) is 2. The van der Waals surface area contributed by atoms with Crippen LogP contribution in [-0.2, 0) is 6.54 Å². The van der Waals surface area contributed by atoms with Crippen molar-refractivity contribution in [2.45, 2.75) is 58.7 Å². The first kappa shape index (κ1) is 15.8. The molecule has 1 saturated heterocycles. The first-order valence-corrected chi connectivity index (χ1v) is 7.97. The number of carbonyl (C=O) groups is 2. The van der Waals surface area contributed by atoms with Crippen molar-refractivity contribution in [2.75, 3.05) is 0 Å². The highest BCUT2D eigenvalue weighted by atomic mass is 32.1. The second-order valence-electron chi connectivity index (χ2n) is 5.52. The molecule has 21 heavy (non-hydrogen) atoms. The van der Waals surface area contributed by atoms with Crippen LogP contribution in [0.4, 0.5) is 4.79 Å². The molecule has 2 rings (SSSR count). The molecule has 116 valence electrons. The standard InChI is InChI=1S/C14H21N3O3S/c1-8-5-4-6-9(2)17(8)14(20)15-7-11-16-10(3)12(21-11)13(18)19/h8-9H,4-7H2,1-3H3,(H,15,20)(H,18,19). The first-order valence-electron chi connectivity index (χ1n) is 7.16. The zero-order valence-corrected chi connectivity index (χ0v) is 13.4. The van der Waals surface area contributed by atoms with Crippen molar-refractivity contribution >= 4 is 23.3 Å². The number of amides is 2. The van der Waals surface area contributed by atoms with Crippen LogP contribution in [0.1, 0.15) is 53.5 Å². The lowest BCUT2D eigenvalue weighted by atomic mass is 9.98. The quantitative estimate of drug-likeness (QED) is 0.899. The van der Waals surface area contributed by atoms with E-state index >= 15 is 0 Å². The second-order valence-corrected chi connectivity index (χ2v) is 6.61. The average molecular weight is 311 g/mol. The average Bonchev–Trinajstić information content (AvgIpc) is 2.77. The minimum Gasteiger partial charge on any atom is -0.477 e. The van der Waals surface area contributed by atoms with Gasteiger partial charge in [0.2, 0.25) is 0 Å². The molecule has 1 aliphatic heterocycles. The minimum atomic E-state index is -0.971. The molecule has 2 heterocycles. The fraction of sp³-hybridized carbons (Fsp3) is 0.643. The summed E-state index contributed by atoms with van der Waals surface area (Å²) in [6.07, 6.45) is 3.20. The lowest BCUT2D eigenvalue weighted by molar-refractivity contribution is 0.0701. The molecule has 0 spiro atoms. The summed E-state index contributed by atoms with van der Waals surface area (Å²) < 4.78 is 0. The Morgan fingerprint density at radius 2 is 2.00 bits per heavy atom. The number of carboxylic acid groups (broad SMARTS) is 1. The largest absolute Gasteiger partial charge is 0.477 e. The maximum absolute atomic E-state index is 12.3. The summed E-state index contributed by atoms with van der Waals surface area (Å²) in [6, 6.07) is 0.377. The van der Waals surface area contributed by atoms with Crippen LogP contribution in [0.2, 0.25) is 0 Å². The molecule has 0 aliphatic carbocycles. The van der Waals surface area contributed by atoms with E-state index in [9.17, 15) is 9.59 Å². The highest BCUT2D eigenvalue weighted by Gasteiger charge is 2.28.